The summed E-state index contributed by atoms with van der Waals surface area (Å²) in [5.74, 6) is -0.246. The Morgan fingerprint density at radius 2 is 2.25 bits per heavy atom. The predicted molar refractivity (Wildman–Crippen MR) is 72.7 cm³/mol. The number of likely N-dealkylation sites (tertiary alicyclic amines) is 1. The van der Waals surface area contributed by atoms with Crippen LogP contribution in [0.2, 0.25) is 0 Å². The quantitative estimate of drug-likeness (QED) is 0.843. The molecule has 2 rings (SSSR count). The van der Waals surface area contributed by atoms with E-state index in [0.29, 0.717) is 5.88 Å². The average Bonchev–Trinajstić information content (AvgIpc) is 2.47. The van der Waals surface area contributed by atoms with Crippen molar-refractivity contribution >= 4 is 5.97 Å². The van der Waals surface area contributed by atoms with Gasteiger partial charge in [-0.15, -0.1) is 0 Å². The van der Waals surface area contributed by atoms with Gasteiger partial charge in [-0.1, -0.05) is 6.07 Å². The second-order valence-corrected chi connectivity index (χ2v) is 4.85. The van der Waals surface area contributed by atoms with Gasteiger partial charge in [0.05, 0.1) is 13.2 Å². The zero-order valence-corrected chi connectivity index (χ0v) is 11.6. The van der Waals surface area contributed by atoms with Crippen LogP contribution in [0.4, 0.5) is 0 Å². The Morgan fingerprint density at radius 3 is 2.90 bits per heavy atom. The number of carboxylic acids is 1. The number of rotatable bonds is 6. The van der Waals surface area contributed by atoms with Crippen LogP contribution in [-0.2, 0) is 16.1 Å². The van der Waals surface area contributed by atoms with Gasteiger partial charge in [-0.2, -0.15) is 0 Å². The van der Waals surface area contributed by atoms with E-state index in [2.05, 4.69) is 9.88 Å². The highest BCUT2D eigenvalue weighted by molar-refractivity contribution is 5.68. The van der Waals surface area contributed by atoms with Crippen molar-refractivity contribution in [2.75, 3.05) is 26.8 Å². The molecule has 0 radical (unpaired) electrons. The van der Waals surface area contributed by atoms with Crippen molar-refractivity contribution in [1.82, 2.24) is 9.88 Å². The largest absolute Gasteiger partial charge is 0.481 e. The van der Waals surface area contributed by atoms with E-state index in [1.54, 1.807) is 13.3 Å². The smallest absolute Gasteiger partial charge is 0.329 e. The van der Waals surface area contributed by atoms with E-state index in [1.165, 1.54) is 0 Å². The second-order valence-electron chi connectivity index (χ2n) is 4.85. The fourth-order valence-corrected chi connectivity index (χ4v) is 2.39. The van der Waals surface area contributed by atoms with Gasteiger partial charge in [0.25, 0.3) is 0 Å². The van der Waals surface area contributed by atoms with Gasteiger partial charge in [0.15, 0.2) is 0 Å². The molecule has 1 aliphatic rings. The molecule has 0 bridgehead atoms. The van der Waals surface area contributed by atoms with E-state index >= 15 is 0 Å². The number of carboxylic acid groups (broad SMARTS) is 1. The van der Waals surface area contributed by atoms with Crippen molar-refractivity contribution in [3.8, 4) is 5.88 Å². The van der Waals surface area contributed by atoms with Crippen LogP contribution in [0.15, 0.2) is 18.3 Å². The molecule has 0 unspecified atom stereocenters. The number of methoxy groups -OCH3 is 1. The molecular weight excluding hydrogens is 260 g/mol. The van der Waals surface area contributed by atoms with Crippen LogP contribution < -0.4 is 4.74 Å². The summed E-state index contributed by atoms with van der Waals surface area (Å²) in [5, 5.41) is 8.59. The summed E-state index contributed by atoms with van der Waals surface area (Å²) in [6.45, 7) is 2.37. The molecule has 6 nitrogen and oxygen atoms in total. The Bertz CT molecular complexity index is 445. The molecule has 0 amide bonds. The fraction of sp³-hybridized carbons (Fsp3) is 0.571. The maximum absolute atomic E-state index is 10.5. The molecule has 1 aliphatic heterocycles. The third-order valence-corrected chi connectivity index (χ3v) is 3.41. The molecule has 0 atom stereocenters. The highest BCUT2D eigenvalue weighted by Gasteiger charge is 2.21. The Labute approximate surface area is 118 Å². The summed E-state index contributed by atoms with van der Waals surface area (Å²) >= 11 is 0. The lowest BCUT2D eigenvalue weighted by Gasteiger charge is -2.31. The molecule has 0 spiro atoms. The van der Waals surface area contributed by atoms with E-state index in [1.807, 2.05) is 12.1 Å². The van der Waals surface area contributed by atoms with Crippen molar-refractivity contribution in [2.45, 2.75) is 25.5 Å². The maximum atomic E-state index is 10.5. The molecule has 0 aliphatic carbocycles. The van der Waals surface area contributed by atoms with Gasteiger partial charge in [0, 0.05) is 31.4 Å². The third kappa shape index (κ3) is 4.18. The van der Waals surface area contributed by atoms with Crippen molar-refractivity contribution < 1.29 is 19.4 Å². The zero-order chi connectivity index (χ0) is 14.4. The van der Waals surface area contributed by atoms with E-state index in [9.17, 15) is 4.79 Å². The van der Waals surface area contributed by atoms with Crippen LogP contribution in [0.3, 0.4) is 0 Å². The Morgan fingerprint density at radius 1 is 1.50 bits per heavy atom. The number of pyridine rings is 1. The lowest BCUT2D eigenvalue weighted by Crippen LogP contribution is -2.37. The summed E-state index contributed by atoms with van der Waals surface area (Å²) in [7, 11) is 1.62. The van der Waals surface area contributed by atoms with E-state index in [4.69, 9.17) is 14.6 Å². The average molecular weight is 280 g/mol. The summed E-state index contributed by atoms with van der Waals surface area (Å²) in [6, 6.07) is 3.92. The van der Waals surface area contributed by atoms with E-state index in [-0.39, 0.29) is 12.7 Å². The Balaban J connectivity index is 1.81. The summed E-state index contributed by atoms with van der Waals surface area (Å²) in [5.41, 5.74) is 1.07. The minimum absolute atomic E-state index is 0.0538. The van der Waals surface area contributed by atoms with Crippen LogP contribution >= 0.6 is 0 Å². The molecule has 1 aromatic rings. The number of carbonyl (C=O) groups is 1. The first kappa shape index (κ1) is 14.7. The lowest BCUT2D eigenvalue weighted by molar-refractivity contribution is -0.145. The second kappa shape index (κ2) is 7.21. The highest BCUT2D eigenvalue weighted by atomic mass is 16.5. The molecule has 1 N–H and O–H groups in total. The third-order valence-electron chi connectivity index (χ3n) is 3.41. The minimum atomic E-state index is -0.910. The molecule has 1 saturated heterocycles. The molecule has 2 heterocycles. The minimum Gasteiger partial charge on any atom is -0.481 e. The van der Waals surface area contributed by atoms with Crippen molar-refractivity contribution in [1.29, 1.82) is 0 Å². The van der Waals surface area contributed by atoms with Crippen LogP contribution in [0.5, 0.6) is 5.88 Å². The lowest BCUT2D eigenvalue weighted by atomic mass is 10.1. The monoisotopic (exact) mass is 280 g/mol. The SMILES string of the molecule is COc1ncccc1CN1CCC(OCC(=O)O)CC1. The first-order chi connectivity index (χ1) is 9.69. The first-order valence-corrected chi connectivity index (χ1v) is 6.72. The Hall–Kier alpha value is -1.66. The van der Waals surface area contributed by atoms with E-state index < -0.39 is 5.97 Å². The van der Waals surface area contributed by atoms with Crippen LogP contribution in [0, 0.1) is 0 Å². The van der Waals surface area contributed by atoms with Gasteiger partial charge >= 0.3 is 5.97 Å². The predicted octanol–water partition coefficient (Wildman–Crippen LogP) is 1.16. The molecular formula is C14H20N2O4. The Kier molecular flexibility index (Phi) is 5.31. The van der Waals surface area contributed by atoms with Crippen molar-refractivity contribution in [3.63, 3.8) is 0 Å². The van der Waals surface area contributed by atoms with Crippen LogP contribution in [0.25, 0.3) is 0 Å². The molecule has 110 valence electrons. The molecule has 0 saturated carbocycles. The number of hydrogen-bond acceptors (Lipinski definition) is 5. The zero-order valence-electron chi connectivity index (χ0n) is 11.6. The number of aromatic nitrogens is 1. The standard InChI is InChI=1S/C14H20N2O4/c1-19-14-11(3-2-6-15-14)9-16-7-4-12(5-8-16)20-10-13(17)18/h2-3,6,12H,4-5,7-10H2,1H3,(H,17,18). The van der Waals surface area contributed by atoms with Gasteiger partial charge in [0.1, 0.15) is 6.61 Å². The highest BCUT2D eigenvalue weighted by Crippen LogP contribution is 2.20. The summed E-state index contributed by atoms with van der Waals surface area (Å²) in [4.78, 5) is 17.0. The van der Waals surface area contributed by atoms with Gasteiger partial charge in [0.2, 0.25) is 5.88 Å². The number of hydrogen-bond donors (Lipinski definition) is 1. The molecule has 0 aromatic carbocycles. The molecule has 20 heavy (non-hydrogen) atoms. The van der Waals surface area contributed by atoms with Crippen LogP contribution in [-0.4, -0.2) is 53.9 Å². The van der Waals surface area contributed by atoms with Gasteiger partial charge < -0.3 is 14.6 Å². The van der Waals surface area contributed by atoms with Crippen LogP contribution in [0.1, 0.15) is 18.4 Å². The number of aliphatic carboxylic acids is 1. The van der Waals surface area contributed by atoms with Gasteiger partial charge in [-0.05, 0) is 18.9 Å². The van der Waals surface area contributed by atoms with Crippen molar-refractivity contribution in [2.24, 2.45) is 0 Å². The summed E-state index contributed by atoms with van der Waals surface area (Å²) in [6.07, 6.45) is 3.48. The fourth-order valence-electron chi connectivity index (χ4n) is 2.39. The van der Waals surface area contributed by atoms with Crippen molar-refractivity contribution in [3.05, 3.63) is 23.9 Å². The van der Waals surface area contributed by atoms with Gasteiger partial charge in [-0.3, -0.25) is 4.90 Å². The molecule has 1 fully saturated rings. The number of piperidine rings is 1. The van der Waals surface area contributed by atoms with E-state index in [0.717, 1.165) is 38.0 Å². The normalized spacial score (nSPS) is 17.1. The molecule has 6 heteroatoms. The topological polar surface area (TPSA) is 71.9 Å². The maximum Gasteiger partial charge on any atom is 0.329 e. The van der Waals surface area contributed by atoms with Gasteiger partial charge in [-0.25, -0.2) is 9.78 Å². The first-order valence-electron chi connectivity index (χ1n) is 6.72. The number of nitrogens with zero attached hydrogens (tertiary/aromatic N) is 2. The molecule has 1 aromatic heterocycles. The summed E-state index contributed by atoms with van der Waals surface area (Å²) < 4.78 is 10.6. The number of ether oxygens (including phenoxy) is 2.